The zero-order chi connectivity index (χ0) is 23.8. The summed E-state index contributed by atoms with van der Waals surface area (Å²) in [6, 6.07) is 15.8. The summed E-state index contributed by atoms with van der Waals surface area (Å²) in [6.45, 7) is 6.06. The summed E-state index contributed by atoms with van der Waals surface area (Å²) in [5.41, 5.74) is 3.59. The number of hydrogen-bond donors (Lipinski definition) is 1. The molecule has 0 unspecified atom stereocenters. The molecule has 0 spiro atoms. The molecule has 2 aromatic heterocycles. The van der Waals surface area contributed by atoms with Crippen molar-refractivity contribution in [3.05, 3.63) is 71.5 Å². The molecule has 1 saturated heterocycles. The van der Waals surface area contributed by atoms with Crippen molar-refractivity contribution >= 4 is 17.4 Å². The van der Waals surface area contributed by atoms with Gasteiger partial charge in [0.25, 0.3) is 0 Å². The second-order valence-corrected chi connectivity index (χ2v) is 7.98. The van der Waals surface area contributed by atoms with E-state index in [-0.39, 0.29) is 12.5 Å². The standard InChI is InChI=1S/C25H27N7O2/c1-2-25(33)32-11-9-31(10-12-32)22-5-3-19(4-6-22)17-28-23-7-8-24(30-29-23)34-18-21-13-20(14-26)15-27-16-21/h3-8,13,15-16H,2,9-12,17-18H2,1H3,(H,28,29). The van der Waals surface area contributed by atoms with Crippen molar-refractivity contribution < 1.29 is 9.53 Å². The van der Waals surface area contributed by atoms with E-state index in [0.29, 0.717) is 30.2 Å². The molecule has 0 radical (unpaired) electrons. The fourth-order valence-corrected chi connectivity index (χ4v) is 3.73. The quantitative estimate of drug-likeness (QED) is 0.550. The molecule has 4 rings (SSSR count). The van der Waals surface area contributed by atoms with Crippen molar-refractivity contribution in [2.75, 3.05) is 36.4 Å². The predicted molar refractivity (Wildman–Crippen MR) is 128 cm³/mol. The Balaban J connectivity index is 1.23. The molecule has 9 heteroatoms. The lowest BCUT2D eigenvalue weighted by Crippen LogP contribution is -2.48. The average Bonchev–Trinajstić information content (AvgIpc) is 2.91. The van der Waals surface area contributed by atoms with E-state index >= 15 is 0 Å². The van der Waals surface area contributed by atoms with Gasteiger partial charge in [-0.2, -0.15) is 5.26 Å². The lowest BCUT2D eigenvalue weighted by atomic mass is 10.1. The smallest absolute Gasteiger partial charge is 0.233 e. The van der Waals surface area contributed by atoms with Crippen molar-refractivity contribution in [1.29, 1.82) is 5.26 Å². The van der Waals surface area contributed by atoms with Crippen LogP contribution in [0, 0.1) is 11.3 Å². The van der Waals surface area contributed by atoms with Crippen LogP contribution in [0.2, 0.25) is 0 Å². The van der Waals surface area contributed by atoms with Crippen LogP contribution in [0.5, 0.6) is 5.88 Å². The largest absolute Gasteiger partial charge is 0.472 e. The zero-order valence-electron chi connectivity index (χ0n) is 19.1. The Morgan fingerprint density at radius 2 is 1.85 bits per heavy atom. The van der Waals surface area contributed by atoms with Gasteiger partial charge in [0, 0.05) is 68.9 Å². The molecule has 1 aliphatic rings. The molecular formula is C25H27N7O2. The fraction of sp³-hybridized carbons (Fsp3) is 0.320. The monoisotopic (exact) mass is 457 g/mol. The molecule has 0 aliphatic carbocycles. The fourth-order valence-electron chi connectivity index (χ4n) is 3.73. The van der Waals surface area contributed by atoms with Gasteiger partial charge in [-0.3, -0.25) is 9.78 Å². The molecule has 174 valence electrons. The second kappa shape index (κ2) is 11.1. The van der Waals surface area contributed by atoms with E-state index in [4.69, 9.17) is 10.00 Å². The number of pyridine rings is 1. The summed E-state index contributed by atoms with van der Waals surface area (Å²) in [5.74, 6) is 1.28. The Morgan fingerprint density at radius 3 is 2.53 bits per heavy atom. The first-order chi connectivity index (χ1) is 16.6. The normalized spacial score (nSPS) is 13.3. The Labute approximate surface area is 199 Å². The molecule has 0 bridgehead atoms. The van der Waals surface area contributed by atoms with E-state index in [1.165, 1.54) is 11.9 Å². The molecule has 9 nitrogen and oxygen atoms in total. The minimum atomic E-state index is 0.228. The van der Waals surface area contributed by atoms with Crippen molar-refractivity contribution in [2.24, 2.45) is 0 Å². The maximum Gasteiger partial charge on any atom is 0.233 e. The van der Waals surface area contributed by atoms with Crippen LogP contribution in [0.25, 0.3) is 0 Å². The average molecular weight is 458 g/mol. The van der Waals surface area contributed by atoms with Gasteiger partial charge in [0.05, 0.1) is 5.56 Å². The summed E-state index contributed by atoms with van der Waals surface area (Å²) in [6.07, 6.45) is 3.73. The SMILES string of the molecule is CCC(=O)N1CCN(c2ccc(CNc3ccc(OCc4cncc(C#N)c4)nn3)cc2)CC1. The Kier molecular flexibility index (Phi) is 7.50. The van der Waals surface area contributed by atoms with Crippen LogP contribution in [0.15, 0.2) is 54.9 Å². The first-order valence-electron chi connectivity index (χ1n) is 11.3. The number of hydrogen-bond acceptors (Lipinski definition) is 8. The van der Waals surface area contributed by atoms with Crippen LogP contribution in [0.1, 0.15) is 30.0 Å². The number of benzene rings is 1. The molecule has 1 amide bonds. The molecule has 1 aliphatic heterocycles. The van der Waals surface area contributed by atoms with Gasteiger partial charge < -0.3 is 19.9 Å². The number of piperazine rings is 1. The van der Waals surface area contributed by atoms with Gasteiger partial charge in [-0.1, -0.05) is 19.1 Å². The third-order valence-corrected chi connectivity index (χ3v) is 5.66. The van der Waals surface area contributed by atoms with Crippen LogP contribution >= 0.6 is 0 Å². The van der Waals surface area contributed by atoms with Gasteiger partial charge in [-0.15, -0.1) is 10.2 Å². The Bertz CT molecular complexity index is 1140. The van der Waals surface area contributed by atoms with E-state index in [9.17, 15) is 4.79 Å². The molecule has 34 heavy (non-hydrogen) atoms. The summed E-state index contributed by atoms with van der Waals surface area (Å²) in [7, 11) is 0. The Morgan fingerprint density at radius 1 is 1.06 bits per heavy atom. The number of carbonyl (C=O) groups excluding carboxylic acids is 1. The van der Waals surface area contributed by atoms with E-state index in [1.807, 2.05) is 17.9 Å². The molecule has 1 N–H and O–H groups in total. The minimum absolute atomic E-state index is 0.228. The van der Waals surface area contributed by atoms with Crippen LogP contribution in [0.4, 0.5) is 11.5 Å². The van der Waals surface area contributed by atoms with Gasteiger partial charge in [-0.25, -0.2) is 0 Å². The van der Waals surface area contributed by atoms with E-state index in [0.717, 1.165) is 37.3 Å². The number of nitrogens with one attached hydrogen (secondary N) is 1. The predicted octanol–water partition coefficient (Wildman–Crippen LogP) is 2.99. The first-order valence-corrected chi connectivity index (χ1v) is 11.3. The van der Waals surface area contributed by atoms with E-state index in [1.54, 1.807) is 18.3 Å². The number of rotatable bonds is 8. The maximum atomic E-state index is 11.8. The lowest BCUT2D eigenvalue weighted by molar-refractivity contribution is -0.131. The molecule has 0 saturated carbocycles. The van der Waals surface area contributed by atoms with E-state index < -0.39 is 0 Å². The van der Waals surface area contributed by atoms with Crippen LogP contribution < -0.4 is 15.0 Å². The highest BCUT2D eigenvalue weighted by Gasteiger charge is 2.19. The van der Waals surface area contributed by atoms with E-state index in [2.05, 4.69) is 55.7 Å². The second-order valence-electron chi connectivity index (χ2n) is 7.98. The highest BCUT2D eigenvalue weighted by Crippen LogP contribution is 2.19. The summed E-state index contributed by atoms with van der Waals surface area (Å²) in [4.78, 5) is 20.1. The summed E-state index contributed by atoms with van der Waals surface area (Å²) < 4.78 is 5.63. The van der Waals surface area contributed by atoms with Gasteiger partial charge >= 0.3 is 0 Å². The molecule has 1 aromatic carbocycles. The molecule has 3 aromatic rings. The van der Waals surface area contributed by atoms with Crippen molar-refractivity contribution in [2.45, 2.75) is 26.5 Å². The van der Waals surface area contributed by atoms with Crippen LogP contribution in [-0.4, -0.2) is 52.2 Å². The maximum absolute atomic E-state index is 11.8. The van der Waals surface area contributed by atoms with Crippen LogP contribution in [-0.2, 0) is 17.9 Å². The number of amides is 1. The highest BCUT2D eigenvalue weighted by molar-refractivity contribution is 5.76. The minimum Gasteiger partial charge on any atom is -0.472 e. The van der Waals surface area contributed by atoms with Gasteiger partial charge in [0.15, 0.2) is 0 Å². The van der Waals surface area contributed by atoms with Gasteiger partial charge in [-0.05, 0) is 29.8 Å². The molecule has 3 heterocycles. The number of carbonyl (C=O) groups is 1. The Hall–Kier alpha value is -4.19. The summed E-state index contributed by atoms with van der Waals surface area (Å²) in [5, 5.41) is 20.5. The third kappa shape index (κ3) is 5.98. The third-order valence-electron chi connectivity index (χ3n) is 5.66. The van der Waals surface area contributed by atoms with Gasteiger partial charge in [0.2, 0.25) is 11.8 Å². The zero-order valence-corrected chi connectivity index (χ0v) is 19.1. The number of aromatic nitrogens is 3. The van der Waals surface area contributed by atoms with Crippen molar-refractivity contribution in [3.63, 3.8) is 0 Å². The molecule has 0 atom stereocenters. The first kappa shape index (κ1) is 23.0. The molecule has 1 fully saturated rings. The number of nitriles is 1. The lowest BCUT2D eigenvalue weighted by Gasteiger charge is -2.36. The molecular weight excluding hydrogens is 430 g/mol. The van der Waals surface area contributed by atoms with Crippen molar-refractivity contribution in [3.8, 4) is 11.9 Å². The highest BCUT2D eigenvalue weighted by atomic mass is 16.5. The number of ether oxygens (including phenoxy) is 1. The topological polar surface area (TPSA) is 107 Å². The number of nitrogens with zero attached hydrogens (tertiary/aromatic N) is 6. The number of anilines is 2. The van der Waals surface area contributed by atoms with Gasteiger partial charge in [0.1, 0.15) is 18.5 Å². The van der Waals surface area contributed by atoms with Crippen molar-refractivity contribution in [1.82, 2.24) is 20.1 Å². The van der Waals surface area contributed by atoms with Crippen LogP contribution in [0.3, 0.4) is 0 Å². The summed E-state index contributed by atoms with van der Waals surface area (Å²) >= 11 is 0.